The Labute approximate surface area is 161 Å². The van der Waals surface area contributed by atoms with E-state index >= 15 is 0 Å². The zero-order chi connectivity index (χ0) is 20.0. The van der Waals surface area contributed by atoms with Crippen LogP contribution in [-0.4, -0.2) is 33.8 Å². The first-order valence-electron chi connectivity index (χ1n) is 9.38. The molecule has 2 unspecified atom stereocenters. The number of hydrogen-bond donors (Lipinski definition) is 1. The molecule has 0 saturated heterocycles. The lowest BCUT2D eigenvalue weighted by Gasteiger charge is -2.33. The highest BCUT2D eigenvalue weighted by atomic mass is 16.2. The van der Waals surface area contributed by atoms with Crippen molar-refractivity contribution < 1.29 is 9.59 Å². The third kappa shape index (κ3) is 5.16. The van der Waals surface area contributed by atoms with Gasteiger partial charge in [-0.1, -0.05) is 36.4 Å². The van der Waals surface area contributed by atoms with Crippen molar-refractivity contribution in [3.8, 4) is 0 Å². The Bertz CT molecular complexity index is 737. The van der Waals surface area contributed by atoms with Gasteiger partial charge >= 0.3 is 0 Å². The molecular formula is C22H29N3O2. The molecule has 0 aliphatic rings. The fourth-order valence-corrected chi connectivity index (χ4v) is 3.75. The van der Waals surface area contributed by atoms with Gasteiger partial charge in [0.2, 0.25) is 11.8 Å². The molecule has 0 bridgehead atoms. The van der Waals surface area contributed by atoms with Crippen LogP contribution in [0.4, 0.5) is 0 Å². The number of carbonyl (C=O) groups excluding carboxylic acids is 2. The van der Waals surface area contributed by atoms with Gasteiger partial charge < -0.3 is 10.6 Å². The lowest BCUT2D eigenvalue weighted by molar-refractivity contribution is -0.135. The van der Waals surface area contributed by atoms with Crippen LogP contribution in [0.3, 0.4) is 0 Å². The zero-order valence-electron chi connectivity index (χ0n) is 16.5. The molecular weight excluding hydrogens is 338 g/mol. The molecule has 5 nitrogen and oxygen atoms in total. The number of nitrogens with zero attached hydrogens (tertiary/aromatic N) is 2. The van der Waals surface area contributed by atoms with Crippen molar-refractivity contribution in [2.75, 3.05) is 0 Å². The van der Waals surface area contributed by atoms with Gasteiger partial charge in [-0.15, -0.1) is 0 Å². The molecule has 0 aliphatic carbocycles. The number of benzene rings is 1. The minimum atomic E-state index is -0.619. The van der Waals surface area contributed by atoms with Crippen LogP contribution in [0.25, 0.3) is 0 Å². The van der Waals surface area contributed by atoms with E-state index < -0.39 is 11.8 Å². The van der Waals surface area contributed by atoms with Crippen molar-refractivity contribution in [3.05, 3.63) is 66.0 Å². The molecule has 2 atom stereocenters. The van der Waals surface area contributed by atoms with Crippen LogP contribution in [0.1, 0.15) is 57.1 Å². The van der Waals surface area contributed by atoms with E-state index in [1.807, 2.05) is 69.0 Å². The van der Waals surface area contributed by atoms with Gasteiger partial charge in [0, 0.05) is 36.8 Å². The van der Waals surface area contributed by atoms with E-state index in [4.69, 9.17) is 5.73 Å². The number of amides is 2. The lowest BCUT2D eigenvalue weighted by atomic mass is 9.79. The molecule has 1 aromatic heterocycles. The van der Waals surface area contributed by atoms with Crippen LogP contribution in [0.15, 0.2) is 54.9 Å². The molecule has 1 heterocycles. The summed E-state index contributed by atoms with van der Waals surface area (Å²) in [6, 6.07) is 13.4. The van der Waals surface area contributed by atoms with Gasteiger partial charge in [0.1, 0.15) is 0 Å². The zero-order valence-corrected chi connectivity index (χ0v) is 16.5. The maximum atomic E-state index is 13.1. The Morgan fingerprint density at radius 3 is 2.04 bits per heavy atom. The van der Waals surface area contributed by atoms with Crippen LogP contribution in [0, 0.1) is 0 Å². The minimum absolute atomic E-state index is 0.0176. The van der Waals surface area contributed by atoms with Gasteiger partial charge in [0.25, 0.3) is 0 Å². The molecule has 2 N–H and O–H groups in total. The van der Waals surface area contributed by atoms with Crippen LogP contribution in [0.5, 0.6) is 0 Å². The molecule has 0 radical (unpaired) electrons. The van der Waals surface area contributed by atoms with E-state index in [0.717, 1.165) is 11.1 Å². The van der Waals surface area contributed by atoms with E-state index in [-0.39, 0.29) is 30.3 Å². The molecule has 5 heteroatoms. The second kappa shape index (κ2) is 9.31. The highest BCUT2D eigenvalue weighted by Crippen LogP contribution is 2.36. The maximum absolute atomic E-state index is 13.1. The Balaban J connectivity index is 2.45. The third-order valence-electron chi connectivity index (χ3n) is 4.78. The summed E-state index contributed by atoms with van der Waals surface area (Å²) in [5.41, 5.74) is 7.44. The number of hydrogen-bond acceptors (Lipinski definition) is 3. The summed E-state index contributed by atoms with van der Waals surface area (Å²) in [4.78, 5) is 31.5. The predicted octanol–water partition coefficient (Wildman–Crippen LogP) is 3.47. The van der Waals surface area contributed by atoms with E-state index in [0.29, 0.717) is 0 Å². The topological polar surface area (TPSA) is 76.3 Å². The van der Waals surface area contributed by atoms with Crippen molar-refractivity contribution in [2.24, 2.45) is 5.73 Å². The Hall–Kier alpha value is -2.69. The number of pyridine rings is 1. The smallest absolute Gasteiger partial charge is 0.225 e. The van der Waals surface area contributed by atoms with Crippen molar-refractivity contribution in [3.63, 3.8) is 0 Å². The first-order valence-corrected chi connectivity index (χ1v) is 9.38. The molecule has 144 valence electrons. The summed E-state index contributed by atoms with van der Waals surface area (Å²) >= 11 is 0. The molecule has 2 amide bonds. The summed E-state index contributed by atoms with van der Waals surface area (Å²) in [6.07, 6.45) is 3.52. The maximum Gasteiger partial charge on any atom is 0.225 e. The summed E-state index contributed by atoms with van der Waals surface area (Å²) in [7, 11) is 0. The van der Waals surface area contributed by atoms with Crippen LogP contribution >= 0.6 is 0 Å². The van der Waals surface area contributed by atoms with Gasteiger partial charge in [0.05, 0.1) is 5.92 Å². The molecule has 1 aromatic carbocycles. The largest absolute Gasteiger partial charge is 0.369 e. The van der Waals surface area contributed by atoms with Crippen LogP contribution < -0.4 is 5.73 Å². The van der Waals surface area contributed by atoms with E-state index in [1.165, 1.54) is 0 Å². The van der Waals surface area contributed by atoms with Crippen molar-refractivity contribution in [2.45, 2.75) is 58.0 Å². The van der Waals surface area contributed by atoms with E-state index in [1.54, 1.807) is 18.5 Å². The molecule has 0 fully saturated rings. The molecule has 2 rings (SSSR count). The average molecular weight is 367 g/mol. The van der Waals surface area contributed by atoms with Crippen molar-refractivity contribution >= 4 is 11.8 Å². The number of primary amides is 1. The number of nitrogens with two attached hydrogens (primary N) is 1. The quantitative estimate of drug-likeness (QED) is 0.776. The fourth-order valence-electron chi connectivity index (χ4n) is 3.75. The predicted molar refractivity (Wildman–Crippen MR) is 107 cm³/mol. The molecule has 27 heavy (non-hydrogen) atoms. The van der Waals surface area contributed by atoms with Gasteiger partial charge in [-0.25, -0.2) is 0 Å². The average Bonchev–Trinajstić information content (AvgIpc) is 2.62. The van der Waals surface area contributed by atoms with Crippen LogP contribution in [0.2, 0.25) is 0 Å². The molecule has 0 aliphatic heterocycles. The second-order valence-electron chi connectivity index (χ2n) is 7.38. The van der Waals surface area contributed by atoms with Crippen molar-refractivity contribution in [1.82, 2.24) is 9.88 Å². The SMILES string of the molecule is CC(C)N(C(=O)CC(c1ccccc1)C(C(N)=O)c1cccnc1)C(C)C. The number of aromatic nitrogens is 1. The van der Waals surface area contributed by atoms with E-state index in [2.05, 4.69) is 4.98 Å². The Morgan fingerprint density at radius 1 is 0.963 bits per heavy atom. The summed E-state index contributed by atoms with van der Waals surface area (Å²) in [5, 5.41) is 0. The number of rotatable bonds is 8. The highest BCUT2D eigenvalue weighted by molar-refractivity contribution is 5.85. The second-order valence-corrected chi connectivity index (χ2v) is 7.38. The number of carbonyl (C=O) groups is 2. The van der Waals surface area contributed by atoms with Gasteiger partial charge in [0.15, 0.2) is 0 Å². The molecule has 0 spiro atoms. The van der Waals surface area contributed by atoms with Crippen molar-refractivity contribution in [1.29, 1.82) is 0 Å². The first kappa shape index (κ1) is 20.6. The lowest BCUT2D eigenvalue weighted by Crippen LogP contribution is -2.43. The Morgan fingerprint density at radius 2 is 1.56 bits per heavy atom. The third-order valence-corrected chi connectivity index (χ3v) is 4.78. The molecule has 0 saturated carbocycles. The summed E-state index contributed by atoms with van der Waals surface area (Å²) < 4.78 is 0. The van der Waals surface area contributed by atoms with Gasteiger partial charge in [-0.2, -0.15) is 0 Å². The highest BCUT2D eigenvalue weighted by Gasteiger charge is 2.33. The first-order chi connectivity index (χ1) is 12.8. The minimum Gasteiger partial charge on any atom is -0.369 e. The van der Waals surface area contributed by atoms with Gasteiger partial charge in [-0.3, -0.25) is 14.6 Å². The standard InChI is InChI=1S/C22H29N3O2/c1-15(2)25(16(3)4)20(26)13-19(17-9-6-5-7-10-17)21(22(23)27)18-11-8-12-24-14-18/h5-12,14-16,19,21H,13H2,1-4H3,(H2,23,27). The van der Waals surface area contributed by atoms with E-state index in [9.17, 15) is 9.59 Å². The molecule has 2 aromatic rings. The van der Waals surface area contributed by atoms with Gasteiger partial charge in [-0.05, 0) is 44.9 Å². The Kier molecular flexibility index (Phi) is 7.11. The normalized spacial score (nSPS) is 13.4. The fraction of sp³-hybridized carbons (Fsp3) is 0.409. The summed E-state index contributed by atoms with van der Waals surface area (Å²) in [5.74, 6) is -1.40. The summed E-state index contributed by atoms with van der Waals surface area (Å²) in [6.45, 7) is 8.01. The monoisotopic (exact) mass is 367 g/mol. The van der Waals surface area contributed by atoms with Crippen LogP contribution in [-0.2, 0) is 9.59 Å².